The molecule has 302 valence electrons. The molecule has 3 aromatic rings. The Bertz CT molecular complexity index is 1560. The smallest absolute Gasteiger partial charge is 0.192 e. The Labute approximate surface area is 334 Å². The number of hydrogen-bond acceptors (Lipinski definition) is 6. The molecule has 7 heteroatoms. The molecule has 0 aliphatic carbocycles. The first kappa shape index (κ1) is 43.3. The molecule has 0 spiro atoms. The molecule has 2 aliphatic rings. The number of hydrogen-bond donors (Lipinski definition) is 0. The van der Waals surface area contributed by atoms with Gasteiger partial charge in [-0.3, -0.25) is 0 Å². The monoisotopic (exact) mass is 770 g/mol. The molecule has 3 aromatic carbocycles. The van der Waals surface area contributed by atoms with Gasteiger partial charge in [0, 0.05) is 38.6 Å². The van der Waals surface area contributed by atoms with E-state index < -0.39 is 13.9 Å². The summed E-state index contributed by atoms with van der Waals surface area (Å²) in [4.78, 5) is 0. The first-order valence-corrected chi connectivity index (χ1v) is 23.8. The van der Waals surface area contributed by atoms with E-state index in [0.29, 0.717) is 18.4 Å². The molecular formula is C48H70O6Si. The Balaban J connectivity index is 1.27. The van der Waals surface area contributed by atoms with Gasteiger partial charge in [-0.25, -0.2) is 0 Å². The van der Waals surface area contributed by atoms with Crippen LogP contribution < -0.4 is 4.74 Å². The van der Waals surface area contributed by atoms with Crippen molar-refractivity contribution in [3.05, 3.63) is 114 Å². The van der Waals surface area contributed by atoms with Crippen LogP contribution in [-0.4, -0.2) is 65.8 Å². The van der Waals surface area contributed by atoms with E-state index in [0.717, 1.165) is 67.4 Å². The molecule has 1 unspecified atom stereocenters. The summed E-state index contributed by atoms with van der Waals surface area (Å²) in [6, 6.07) is 29.4. The minimum Gasteiger partial charge on any atom is -0.497 e. The molecule has 0 N–H and O–H groups in total. The van der Waals surface area contributed by atoms with E-state index in [1.54, 1.807) is 7.11 Å². The van der Waals surface area contributed by atoms with Crippen molar-refractivity contribution in [1.29, 1.82) is 0 Å². The minimum atomic E-state index is -1.92. The highest BCUT2D eigenvalue weighted by atomic mass is 28.4. The van der Waals surface area contributed by atoms with Crippen LogP contribution in [0.15, 0.2) is 97.1 Å². The van der Waals surface area contributed by atoms with Crippen molar-refractivity contribution < 1.29 is 28.1 Å². The molecule has 0 amide bonds. The molecule has 2 fully saturated rings. The van der Waals surface area contributed by atoms with Gasteiger partial charge < -0.3 is 28.1 Å². The van der Waals surface area contributed by atoms with Crippen molar-refractivity contribution in [3.8, 4) is 5.75 Å². The van der Waals surface area contributed by atoms with Crippen LogP contribution in [0.4, 0.5) is 0 Å². The van der Waals surface area contributed by atoms with E-state index in [9.17, 15) is 0 Å². The summed E-state index contributed by atoms with van der Waals surface area (Å²) in [7, 11) is 1.63. The lowest BCUT2D eigenvalue weighted by Gasteiger charge is -2.40. The fourth-order valence-electron chi connectivity index (χ4n) is 8.58. The summed E-state index contributed by atoms with van der Waals surface area (Å²) >= 11 is 0. The van der Waals surface area contributed by atoms with Gasteiger partial charge in [-0.2, -0.15) is 0 Å². The standard InChI is InChI=1S/C48H70O6Si/c1-12-39(54-55(10,11)47(5,6)7)32-45-46(50-9)42(13-2)44(53-45)33-43-35(4)34(3)31-41(52-43)25-20-30-51-48(36-21-16-14-17-22-36,37-23-18-15-19-24-37)38-26-28-40(49-8)29-27-38/h14-19,21-24,26-29,34,39,41-46H,4,12-13,20,25,30-33H2,1-3,5-11H3/t34-,39-,41+,42+,43?,44+,45-,46-/m1/s1. The zero-order valence-electron chi connectivity index (χ0n) is 35.5. The average molecular weight is 771 g/mol. The second kappa shape index (κ2) is 19.1. The Hall–Kier alpha value is -2.78. The van der Waals surface area contributed by atoms with Crippen LogP contribution in [-0.2, 0) is 29.0 Å². The first-order valence-electron chi connectivity index (χ1n) is 20.9. The van der Waals surface area contributed by atoms with Gasteiger partial charge >= 0.3 is 0 Å². The molecule has 55 heavy (non-hydrogen) atoms. The number of ether oxygens (including phenoxy) is 5. The molecule has 0 bridgehead atoms. The fraction of sp³-hybridized carbons (Fsp3) is 0.583. The molecule has 2 saturated heterocycles. The summed E-state index contributed by atoms with van der Waals surface area (Å²) in [6.45, 7) is 23.6. The number of benzene rings is 3. The van der Waals surface area contributed by atoms with Crippen molar-refractivity contribution >= 4 is 8.32 Å². The lowest BCUT2D eigenvalue weighted by molar-refractivity contribution is -0.0775. The maximum Gasteiger partial charge on any atom is 0.192 e. The molecule has 0 aromatic heterocycles. The second-order valence-corrected chi connectivity index (χ2v) is 22.2. The van der Waals surface area contributed by atoms with Gasteiger partial charge in [-0.05, 0) is 90.6 Å². The van der Waals surface area contributed by atoms with Crippen LogP contribution in [0.3, 0.4) is 0 Å². The van der Waals surface area contributed by atoms with Gasteiger partial charge in [0.1, 0.15) is 11.4 Å². The predicted molar refractivity (Wildman–Crippen MR) is 227 cm³/mol. The summed E-state index contributed by atoms with van der Waals surface area (Å²) in [6.07, 6.45) is 6.65. The van der Waals surface area contributed by atoms with Crippen molar-refractivity contribution in [2.45, 2.75) is 147 Å². The fourth-order valence-corrected chi connectivity index (χ4v) is 10.0. The summed E-state index contributed by atoms with van der Waals surface area (Å²) < 4.78 is 39.7. The predicted octanol–water partition coefficient (Wildman–Crippen LogP) is 11.5. The van der Waals surface area contributed by atoms with E-state index in [2.05, 4.69) is 134 Å². The normalized spacial score (nSPS) is 25.6. The lowest BCUT2D eigenvalue weighted by atomic mass is 9.80. The topological polar surface area (TPSA) is 55.4 Å². The largest absolute Gasteiger partial charge is 0.497 e. The molecule has 2 heterocycles. The average Bonchev–Trinajstić information content (AvgIpc) is 3.51. The Morgan fingerprint density at radius 1 is 0.836 bits per heavy atom. The van der Waals surface area contributed by atoms with Gasteiger partial charge in [0.2, 0.25) is 0 Å². The molecular weight excluding hydrogens is 701 g/mol. The quantitative estimate of drug-likeness (QED) is 0.0556. The molecule has 0 radical (unpaired) electrons. The van der Waals surface area contributed by atoms with E-state index >= 15 is 0 Å². The molecule has 6 nitrogen and oxygen atoms in total. The summed E-state index contributed by atoms with van der Waals surface area (Å²) in [5, 5.41) is 0.160. The van der Waals surface area contributed by atoms with E-state index in [4.69, 9.17) is 28.1 Å². The number of rotatable bonds is 18. The summed E-state index contributed by atoms with van der Waals surface area (Å²) in [5.74, 6) is 1.48. The van der Waals surface area contributed by atoms with Crippen LogP contribution >= 0.6 is 0 Å². The van der Waals surface area contributed by atoms with Crippen LogP contribution in [0.25, 0.3) is 0 Å². The third-order valence-electron chi connectivity index (χ3n) is 12.9. The third-order valence-corrected chi connectivity index (χ3v) is 17.4. The van der Waals surface area contributed by atoms with Crippen molar-refractivity contribution in [2.24, 2.45) is 11.8 Å². The van der Waals surface area contributed by atoms with Crippen LogP contribution in [0.2, 0.25) is 18.1 Å². The zero-order chi connectivity index (χ0) is 39.8. The van der Waals surface area contributed by atoms with E-state index in [1.165, 1.54) is 5.57 Å². The first-order chi connectivity index (χ1) is 26.3. The summed E-state index contributed by atoms with van der Waals surface area (Å²) in [5.41, 5.74) is 3.66. The van der Waals surface area contributed by atoms with Gasteiger partial charge in [0.15, 0.2) is 8.32 Å². The highest BCUT2D eigenvalue weighted by Crippen LogP contribution is 2.44. The Morgan fingerprint density at radius 3 is 1.96 bits per heavy atom. The highest BCUT2D eigenvalue weighted by molar-refractivity contribution is 6.74. The Kier molecular flexibility index (Phi) is 15.1. The molecule has 2 aliphatic heterocycles. The Morgan fingerprint density at radius 2 is 1.44 bits per heavy atom. The van der Waals surface area contributed by atoms with Crippen molar-refractivity contribution in [1.82, 2.24) is 0 Å². The highest BCUT2D eigenvalue weighted by Gasteiger charge is 2.47. The van der Waals surface area contributed by atoms with E-state index in [-0.39, 0.29) is 41.7 Å². The van der Waals surface area contributed by atoms with Crippen LogP contribution in [0, 0.1) is 11.8 Å². The van der Waals surface area contributed by atoms with Gasteiger partial charge in [0.25, 0.3) is 0 Å². The molecule has 0 saturated carbocycles. The van der Waals surface area contributed by atoms with Gasteiger partial charge in [-0.1, -0.05) is 121 Å². The van der Waals surface area contributed by atoms with Crippen LogP contribution in [0.1, 0.15) is 103 Å². The van der Waals surface area contributed by atoms with E-state index in [1.807, 2.05) is 19.2 Å². The second-order valence-electron chi connectivity index (χ2n) is 17.5. The molecule has 8 atom stereocenters. The lowest BCUT2D eigenvalue weighted by Crippen LogP contribution is -2.45. The maximum atomic E-state index is 7.13. The number of methoxy groups -OCH3 is 2. The molecule has 5 rings (SSSR count). The van der Waals surface area contributed by atoms with Crippen molar-refractivity contribution in [2.75, 3.05) is 20.8 Å². The third kappa shape index (κ3) is 10.0. The van der Waals surface area contributed by atoms with Crippen molar-refractivity contribution in [3.63, 3.8) is 0 Å². The SMILES string of the molecule is C=C1C(C[C@@H]2O[C@H](C[C@@H](CC)O[Si](C)(C)C(C)(C)C)[C@H](OC)[C@H]2CC)O[C@@H](CCCOC(c2ccccc2)(c2ccccc2)c2ccc(OC)cc2)C[C@H]1C. The van der Waals surface area contributed by atoms with Gasteiger partial charge in [-0.15, -0.1) is 0 Å². The maximum absolute atomic E-state index is 7.13. The minimum absolute atomic E-state index is 0.00269. The van der Waals surface area contributed by atoms with Gasteiger partial charge in [0.05, 0.1) is 37.6 Å². The van der Waals surface area contributed by atoms with Crippen LogP contribution in [0.5, 0.6) is 5.75 Å². The zero-order valence-corrected chi connectivity index (χ0v) is 36.5.